The van der Waals surface area contributed by atoms with Crippen molar-refractivity contribution in [3.63, 3.8) is 0 Å². The molecule has 0 spiro atoms. The zero-order chi connectivity index (χ0) is 26.5. The Kier molecular flexibility index (Phi) is 8.29. The lowest BCUT2D eigenvalue weighted by atomic mass is 10.0. The molecule has 4 rings (SSSR count). The molecule has 0 aliphatic carbocycles. The third-order valence-electron chi connectivity index (χ3n) is 6.77. The number of allylic oxidation sites excluding steroid dienone is 1. The topological polar surface area (TPSA) is 119 Å². The first-order valence-corrected chi connectivity index (χ1v) is 12.6. The molecule has 1 amide bonds. The molecule has 0 bridgehead atoms. The number of carbonyl (C=O) groups excluding carboxylic acids is 1. The smallest absolute Gasteiger partial charge is 0.262 e. The van der Waals surface area contributed by atoms with Gasteiger partial charge in [-0.05, 0) is 61.9 Å². The Morgan fingerprint density at radius 1 is 1.08 bits per heavy atom. The number of carbonyl (C=O) groups is 1. The lowest BCUT2D eigenvalue weighted by Gasteiger charge is -2.30. The van der Waals surface area contributed by atoms with Crippen LogP contribution in [0.25, 0.3) is 27.7 Å². The van der Waals surface area contributed by atoms with E-state index in [-0.39, 0.29) is 18.5 Å². The molecule has 2 aromatic carbocycles. The first kappa shape index (κ1) is 26.4. The fraction of sp³-hybridized carbons (Fsp3) is 0.379. The van der Waals surface area contributed by atoms with Gasteiger partial charge in [0.25, 0.3) is 5.91 Å². The van der Waals surface area contributed by atoms with Crippen molar-refractivity contribution in [3.8, 4) is 17.4 Å². The number of aliphatic hydroxyl groups excluding tert-OH is 2. The SMILES string of the molecule is CCN(CC)c1ccc2cc(-c3ccc(/C(C)=C(\C#N)C(=O)NCC4CC(O)CC(O)O4)o3)ccc2c1. The maximum absolute atomic E-state index is 12.7. The van der Waals surface area contributed by atoms with E-state index in [1.54, 1.807) is 13.0 Å². The number of ether oxygens (including phenoxy) is 1. The van der Waals surface area contributed by atoms with Gasteiger partial charge in [0.2, 0.25) is 0 Å². The van der Waals surface area contributed by atoms with Crippen LogP contribution in [0.4, 0.5) is 5.69 Å². The van der Waals surface area contributed by atoms with E-state index in [1.165, 1.54) is 5.69 Å². The van der Waals surface area contributed by atoms with Crippen LogP contribution in [0.5, 0.6) is 0 Å². The van der Waals surface area contributed by atoms with Crippen LogP contribution in [-0.2, 0) is 9.53 Å². The Morgan fingerprint density at radius 2 is 1.81 bits per heavy atom. The van der Waals surface area contributed by atoms with Gasteiger partial charge in [-0.3, -0.25) is 4.79 Å². The minimum Gasteiger partial charge on any atom is -0.456 e. The second kappa shape index (κ2) is 11.6. The van der Waals surface area contributed by atoms with E-state index in [0.29, 0.717) is 23.5 Å². The first-order chi connectivity index (χ1) is 17.8. The molecule has 194 valence electrons. The number of hydrogen-bond donors (Lipinski definition) is 3. The minimum absolute atomic E-state index is 0.0692. The molecule has 0 saturated carbocycles. The van der Waals surface area contributed by atoms with E-state index in [4.69, 9.17) is 9.15 Å². The van der Waals surface area contributed by atoms with Gasteiger partial charge >= 0.3 is 0 Å². The lowest BCUT2D eigenvalue weighted by molar-refractivity contribution is -0.187. The highest BCUT2D eigenvalue weighted by Crippen LogP contribution is 2.31. The highest BCUT2D eigenvalue weighted by atomic mass is 16.6. The van der Waals surface area contributed by atoms with Gasteiger partial charge in [-0.25, -0.2) is 0 Å². The standard InChI is InChI=1S/C29H33N3O5/c1-4-32(5-2)22-9-8-19-12-21(7-6-20(19)13-22)27-11-10-26(37-27)18(3)25(16-30)29(35)31-17-24-14-23(33)15-28(34)36-24/h6-13,23-24,28,33-34H,4-5,14-15,17H2,1-3H3,(H,31,35)/b25-18+. The second-order valence-corrected chi connectivity index (χ2v) is 9.24. The second-order valence-electron chi connectivity index (χ2n) is 9.24. The van der Waals surface area contributed by atoms with Gasteiger partial charge in [0.15, 0.2) is 6.29 Å². The van der Waals surface area contributed by atoms with Gasteiger partial charge in [0, 0.05) is 49.3 Å². The van der Waals surface area contributed by atoms with Crippen LogP contribution in [-0.4, -0.2) is 54.3 Å². The minimum atomic E-state index is -1.07. The molecule has 3 atom stereocenters. The largest absolute Gasteiger partial charge is 0.456 e. The Morgan fingerprint density at radius 3 is 2.51 bits per heavy atom. The Labute approximate surface area is 216 Å². The quantitative estimate of drug-likeness (QED) is 0.311. The van der Waals surface area contributed by atoms with Crippen molar-refractivity contribution >= 4 is 27.9 Å². The number of hydrogen-bond acceptors (Lipinski definition) is 7. The summed E-state index contributed by atoms with van der Waals surface area (Å²) >= 11 is 0. The van der Waals surface area contributed by atoms with Crippen LogP contribution in [0.15, 0.2) is 58.5 Å². The van der Waals surface area contributed by atoms with Crippen molar-refractivity contribution in [1.29, 1.82) is 5.26 Å². The molecule has 37 heavy (non-hydrogen) atoms. The summed E-state index contributed by atoms with van der Waals surface area (Å²) in [6.45, 7) is 7.93. The summed E-state index contributed by atoms with van der Waals surface area (Å²) in [7, 11) is 0. The van der Waals surface area contributed by atoms with E-state index in [9.17, 15) is 20.3 Å². The van der Waals surface area contributed by atoms with E-state index in [1.807, 2.05) is 18.2 Å². The average molecular weight is 504 g/mol. The lowest BCUT2D eigenvalue weighted by Crippen LogP contribution is -2.42. The van der Waals surface area contributed by atoms with Crippen LogP contribution in [0.1, 0.15) is 39.4 Å². The van der Waals surface area contributed by atoms with Crippen LogP contribution in [0.2, 0.25) is 0 Å². The summed E-state index contributed by atoms with van der Waals surface area (Å²) < 4.78 is 11.4. The average Bonchev–Trinajstić information content (AvgIpc) is 3.38. The molecule has 3 unspecified atom stereocenters. The summed E-state index contributed by atoms with van der Waals surface area (Å²) in [5, 5.41) is 34.0. The number of furan rings is 1. The molecule has 1 aromatic heterocycles. The number of fused-ring (bicyclic) bond motifs is 1. The predicted molar refractivity (Wildman–Crippen MR) is 143 cm³/mol. The fourth-order valence-corrected chi connectivity index (χ4v) is 4.69. The van der Waals surface area contributed by atoms with Crippen molar-refractivity contribution in [3.05, 3.63) is 59.9 Å². The summed E-state index contributed by atoms with van der Waals surface area (Å²) in [6, 6.07) is 18.1. The van der Waals surface area contributed by atoms with Crippen LogP contribution in [0, 0.1) is 11.3 Å². The number of anilines is 1. The van der Waals surface area contributed by atoms with Crippen molar-refractivity contribution in [2.75, 3.05) is 24.5 Å². The van der Waals surface area contributed by atoms with Gasteiger partial charge < -0.3 is 29.6 Å². The summed E-state index contributed by atoms with van der Waals surface area (Å²) in [4.78, 5) is 15.0. The zero-order valence-corrected chi connectivity index (χ0v) is 21.4. The summed E-state index contributed by atoms with van der Waals surface area (Å²) in [5.41, 5.74) is 2.44. The van der Waals surface area contributed by atoms with Crippen molar-refractivity contribution < 1.29 is 24.2 Å². The summed E-state index contributed by atoms with van der Waals surface area (Å²) in [5.74, 6) is 0.504. The number of benzene rings is 2. The van der Waals surface area contributed by atoms with E-state index in [2.05, 4.69) is 54.4 Å². The number of aliphatic hydroxyl groups is 2. The fourth-order valence-electron chi connectivity index (χ4n) is 4.69. The molecule has 8 nitrogen and oxygen atoms in total. The van der Waals surface area contributed by atoms with Gasteiger partial charge in [0.1, 0.15) is 23.2 Å². The molecule has 1 aliphatic heterocycles. The molecule has 1 saturated heterocycles. The Bertz CT molecular complexity index is 1320. The van der Waals surface area contributed by atoms with Crippen molar-refractivity contribution in [1.82, 2.24) is 5.32 Å². The first-order valence-electron chi connectivity index (χ1n) is 12.6. The van der Waals surface area contributed by atoms with Gasteiger partial charge in [0.05, 0.1) is 12.2 Å². The third-order valence-corrected chi connectivity index (χ3v) is 6.77. The van der Waals surface area contributed by atoms with E-state index < -0.39 is 24.4 Å². The predicted octanol–water partition coefficient (Wildman–Crippen LogP) is 4.22. The molecular weight excluding hydrogens is 470 g/mol. The van der Waals surface area contributed by atoms with Crippen LogP contribution < -0.4 is 10.2 Å². The van der Waals surface area contributed by atoms with Gasteiger partial charge in [-0.2, -0.15) is 5.26 Å². The maximum atomic E-state index is 12.7. The molecule has 0 radical (unpaired) electrons. The molecule has 2 heterocycles. The van der Waals surface area contributed by atoms with E-state index in [0.717, 1.165) is 29.4 Å². The Balaban J connectivity index is 1.50. The highest BCUT2D eigenvalue weighted by Gasteiger charge is 2.28. The van der Waals surface area contributed by atoms with Crippen LogP contribution >= 0.6 is 0 Å². The number of nitrogens with zero attached hydrogens (tertiary/aromatic N) is 2. The molecule has 3 N–H and O–H groups in total. The maximum Gasteiger partial charge on any atom is 0.262 e. The number of nitriles is 1. The molecule has 1 aliphatic rings. The van der Waals surface area contributed by atoms with Crippen molar-refractivity contribution in [2.24, 2.45) is 0 Å². The van der Waals surface area contributed by atoms with E-state index >= 15 is 0 Å². The number of nitrogens with one attached hydrogen (secondary N) is 1. The van der Waals surface area contributed by atoms with Gasteiger partial charge in [-0.1, -0.05) is 18.2 Å². The van der Waals surface area contributed by atoms with Gasteiger partial charge in [-0.15, -0.1) is 0 Å². The normalized spacial score (nSPS) is 20.3. The van der Waals surface area contributed by atoms with Crippen LogP contribution in [0.3, 0.4) is 0 Å². The molecule has 3 aromatic rings. The third kappa shape index (κ3) is 6.03. The number of amides is 1. The zero-order valence-electron chi connectivity index (χ0n) is 21.4. The highest BCUT2D eigenvalue weighted by molar-refractivity contribution is 6.04. The number of rotatable bonds is 8. The molecule has 8 heteroatoms. The molecular formula is C29H33N3O5. The summed E-state index contributed by atoms with van der Waals surface area (Å²) in [6.07, 6.45) is -1.86. The molecule has 1 fully saturated rings. The monoisotopic (exact) mass is 503 g/mol. The van der Waals surface area contributed by atoms with Crippen molar-refractivity contribution in [2.45, 2.75) is 52.1 Å². The Hall–Kier alpha value is -3.64.